The molecule has 2 atom stereocenters. The number of para-hydroxylation sites is 1. The number of carbonyl (C=O) groups excluding carboxylic acids is 1. The minimum Gasteiger partial charge on any atom is -0.481 e. The number of amides is 1. The molecule has 1 aromatic carbocycles. The molecule has 2 unspecified atom stereocenters. The molecule has 1 aliphatic heterocycles. The third-order valence-corrected chi connectivity index (χ3v) is 3.82. The number of hydrogen-bond donors (Lipinski definition) is 1. The molecule has 0 radical (unpaired) electrons. The minimum absolute atomic E-state index is 0.0239. The summed E-state index contributed by atoms with van der Waals surface area (Å²) >= 11 is 0. The molecule has 5 nitrogen and oxygen atoms in total. The van der Waals surface area contributed by atoms with Crippen LogP contribution in [0.15, 0.2) is 24.3 Å². The zero-order valence-electron chi connectivity index (χ0n) is 12.4. The summed E-state index contributed by atoms with van der Waals surface area (Å²) in [4.78, 5) is 25.5. The van der Waals surface area contributed by atoms with Gasteiger partial charge in [0.1, 0.15) is 0 Å². The van der Waals surface area contributed by atoms with Gasteiger partial charge in [-0.25, -0.2) is 0 Å². The Kier molecular flexibility index (Phi) is 4.96. The SMILES string of the molecule is COCC(C)CC(=O)N1CCC(C(=O)O)c2ccccc21. The van der Waals surface area contributed by atoms with Gasteiger partial charge in [-0.3, -0.25) is 9.59 Å². The third-order valence-electron chi connectivity index (χ3n) is 3.82. The van der Waals surface area contributed by atoms with Crippen molar-refractivity contribution >= 4 is 17.6 Å². The quantitative estimate of drug-likeness (QED) is 0.903. The summed E-state index contributed by atoms with van der Waals surface area (Å²) in [5.41, 5.74) is 1.45. The highest BCUT2D eigenvalue weighted by Gasteiger charge is 2.32. The topological polar surface area (TPSA) is 66.8 Å². The minimum atomic E-state index is -0.831. The first-order chi connectivity index (χ1) is 10.0. The van der Waals surface area contributed by atoms with E-state index < -0.39 is 11.9 Å². The highest BCUT2D eigenvalue weighted by Crippen LogP contribution is 2.35. The Morgan fingerprint density at radius 2 is 2.14 bits per heavy atom. The fourth-order valence-corrected chi connectivity index (χ4v) is 2.83. The van der Waals surface area contributed by atoms with Crippen molar-refractivity contribution in [3.63, 3.8) is 0 Å². The zero-order valence-corrected chi connectivity index (χ0v) is 12.4. The fraction of sp³-hybridized carbons (Fsp3) is 0.500. The van der Waals surface area contributed by atoms with Crippen LogP contribution in [0, 0.1) is 5.92 Å². The van der Waals surface area contributed by atoms with Crippen LogP contribution >= 0.6 is 0 Å². The summed E-state index contributed by atoms with van der Waals surface area (Å²) in [7, 11) is 1.62. The van der Waals surface area contributed by atoms with Gasteiger partial charge in [-0.2, -0.15) is 0 Å². The molecule has 1 aliphatic rings. The fourth-order valence-electron chi connectivity index (χ4n) is 2.83. The van der Waals surface area contributed by atoms with Crippen molar-refractivity contribution < 1.29 is 19.4 Å². The second-order valence-electron chi connectivity index (χ2n) is 5.55. The van der Waals surface area contributed by atoms with E-state index in [-0.39, 0.29) is 11.8 Å². The van der Waals surface area contributed by atoms with Gasteiger partial charge in [0.2, 0.25) is 5.91 Å². The summed E-state index contributed by atoms with van der Waals surface area (Å²) in [6.45, 7) is 2.96. The van der Waals surface area contributed by atoms with Gasteiger partial charge in [0, 0.05) is 32.4 Å². The Morgan fingerprint density at radius 3 is 2.81 bits per heavy atom. The first-order valence-corrected chi connectivity index (χ1v) is 7.15. The van der Waals surface area contributed by atoms with E-state index in [1.165, 1.54) is 0 Å². The maximum absolute atomic E-state index is 12.4. The van der Waals surface area contributed by atoms with Crippen LogP contribution < -0.4 is 4.90 Å². The van der Waals surface area contributed by atoms with E-state index in [9.17, 15) is 14.7 Å². The molecular weight excluding hydrogens is 270 g/mol. The molecule has 1 N–H and O–H groups in total. The summed E-state index contributed by atoms with van der Waals surface area (Å²) in [5.74, 6) is -1.19. The van der Waals surface area contributed by atoms with Crippen molar-refractivity contribution in [3.8, 4) is 0 Å². The van der Waals surface area contributed by atoms with Gasteiger partial charge in [-0.05, 0) is 24.0 Å². The van der Waals surface area contributed by atoms with Crippen molar-refractivity contribution in [1.82, 2.24) is 0 Å². The lowest BCUT2D eigenvalue weighted by atomic mass is 9.89. The number of hydrogen-bond acceptors (Lipinski definition) is 3. The molecule has 0 saturated carbocycles. The van der Waals surface area contributed by atoms with E-state index >= 15 is 0 Å². The summed E-state index contributed by atoms with van der Waals surface area (Å²) in [6.07, 6.45) is 0.858. The van der Waals surface area contributed by atoms with Crippen molar-refractivity contribution in [3.05, 3.63) is 29.8 Å². The number of anilines is 1. The molecular formula is C16H21NO4. The highest BCUT2D eigenvalue weighted by molar-refractivity contribution is 5.96. The summed E-state index contributed by atoms with van der Waals surface area (Å²) in [6, 6.07) is 7.27. The number of carboxylic acid groups (broad SMARTS) is 1. The number of aliphatic carboxylic acids is 1. The number of carbonyl (C=O) groups is 2. The van der Waals surface area contributed by atoms with Crippen LogP contribution in [0.2, 0.25) is 0 Å². The van der Waals surface area contributed by atoms with Crippen LogP contribution in [-0.4, -0.2) is 37.2 Å². The van der Waals surface area contributed by atoms with Crippen LogP contribution in [0.1, 0.15) is 31.2 Å². The predicted molar refractivity (Wildman–Crippen MR) is 79.4 cm³/mol. The average molecular weight is 291 g/mol. The maximum atomic E-state index is 12.4. The summed E-state index contributed by atoms with van der Waals surface area (Å²) < 4.78 is 5.06. The van der Waals surface area contributed by atoms with Crippen LogP contribution in [0.25, 0.3) is 0 Å². The number of nitrogens with zero attached hydrogens (tertiary/aromatic N) is 1. The smallest absolute Gasteiger partial charge is 0.311 e. The van der Waals surface area contributed by atoms with E-state index in [1.807, 2.05) is 25.1 Å². The van der Waals surface area contributed by atoms with E-state index in [4.69, 9.17) is 4.74 Å². The van der Waals surface area contributed by atoms with Crippen molar-refractivity contribution in [2.75, 3.05) is 25.2 Å². The second-order valence-corrected chi connectivity index (χ2v) is 5.55. The van der Waals surface area contributed by atoms with Gasteiger partial charge >= 0.3 is 5.97 Å². The zero-order chi connectivity index (χ0) is 15.4. The number of ether oxygens (including phenoxy) is 1. The monoisotopic (exact) mass is 291 g/mol. The Balaban J connectivity index is 2.21. The number of benzene rings is 1. The third kappa shape index (κ3) is 3.42. The number of methoxy groups -OCH3 is 1. The van der Waals surface area contributed by atoms with E-state index in [2.05, 4.69) is 0 Å². The standard InChI is InChI=1S/C16H21NO4/c1-11(10-21-2)9-15(18)17-8-7-13(16(19)20)12-5-3-4-6-14(12)17/h3-6,11,13H,7-10H2,1-2H3,(H,19,20). The van der Waals surface area contributed by atoms with Gasteiger partial charge < -0.3 is 14.7 Å². The Hall–Kier alpha value is -1.88. The Morgan fingerprint density at radius 1 is 1.43 bits per heavy atom. The second kappa shape index (κ2) is 6.72. The lowest BCUT2D eigenvalue weighted by Crippen LogP contribution is -2.39. The van der Waals surface area contributed by atoms with E-state index in [0.29, 0.717) is 26.0 Å². The van der Waals surface area contributed by atoms with Crippen molar-refractivity contribution in [2.45, 2.75) is 25.7 Å². The molecule has 0 aliphatic carbocycles. The number of rotatable bonds is 5. The van der Waals surface area contributed by atoms with Gasteiger partial charge in [-0.1, -0.05) is 25.1 Å². The molecule has 1 heterocycles. The molecule has 0 bridgehead atoms. The van der Waals surface area contributed by atoms with Crippen LogP contribution in [0.4, 0.5) is 5.69 Å². The molecule has 0 saturated heterocycles. The molecule has 2 rings (SSSR count). The van der Waals surface area contributed by atoms with Crippen LogP contribution in [0.5, 0.6) is 0 Å². The van der Waals surface area contributed by atoms with Gasteiger partial charge in [0.15, 0.2) is 0 Å². The molecule has 0 fully saturated rings. The molecule has 5 heteroatoms. The first kappa shape index (κ1) is 15.5. The van der Waals surface area contributed by atoms with E-state index in [1.54, 1.807) is 18.1 Å². The van der Waals surface area contributed by atoms with Gasteiger partial charge in [-0.15, -0.1) is 0 Å². The average Bonchev–Trinajstić information content (AvgIpc) is 2.45. The largest absolute Gasteiger partial charge is 0.481 e. The molecule has 0 spiro atoms. The van der Waals surface area contributed by atoms with Crippen LogP contribution in [-0.2, 0) is 14.3 Å². The molecule has 21 heavy (non-hydrogen) atoms. The lowest BCUT2D eigenvalue weighted by Gasteiger charge is -2.33. The lowest BCUT2D eigenvalue weighted by molar-refractivity contribution is -0.139. The van der Waals surface area contributed by atoms with Crippen molar-refractivity contribution in [2.24, 2.45) is 5.92 Å². The van der Waals surface area contributed by atoms with Crippen molar-refractivity contribution in [1.29, 1.82) is 0 Å². The molecule has 1 amide bonds. The predicted octanol–water partition coefficient (Wildman–Crippen LogP) is 2.26. The maximum Gasteiger partial charge on any atom is 0.311 e. The molecule has 114 valence electrons. The number of carboxylic acids is 1. The summed E-state index contributed by atoms with van der Waals surface area (Å²) in [5, 5.41) is 9.31. The van der Waals surface area contributed by atoms with Gasteiger partial charge in [0.25, 0.3) is 0 Å². The Labute approximate surface area is 124 Å². The van der Waals surface area contributed by atoms with Gasteiger partial charge in [0.05, 0.1) is 5.92 Å². The molecule has 1 aromatic rings. The van der Waals surface area contributed by atoms with E-state index in [0.717, 1.165) is 11.3 Å². The molecule has 0 aromatic heterocycles. The number of fused-ring (bicyclic) bond motifs is 1. The first-order valence-electron chi connectivity index (χ1n) is 7.15. The van der Waals surface area contributed by atoms with Crippen LogP contribution in [0.3, 0.4) is 0 Å². The Bertz CT molecular complexity index is 529. The highest BCUT2D eigenvalue weighted by atomic mass is 16.5. The normalized spacial score (nSPS) is 19.0.